The van der Waals surface area contributed by atoms with Crippen LogP contribution in [0.25, 0.3) is 0 Å². The molecule has 2 heterocycles. The lowest BCUT2D eigenvalue weighted by atomic mass is 9.67. The van der Waals surface area contributed by atoms with E-state index in [1.807, 2.05) is 17.0 Å². The molecule has 0 spiro atoms. The van der Waals surface area contributed by atoms with Crippen molar-refractivity contribution in [1.82, 2.24) is 5.32 Å². The molecule has 0 aromatic heterocycles. The van der Waals surface area contributed by atoms with Crippen LogP contribution in [-0.4, -0.2) is 32.1 Å². The molecular formula is C21H24N2O2. The number of hydrogen-bond acceptors (Lipinski definition) is 3. The summed E-state index contributed by atoms with van der Waals surface area (Å²) in [7, 11) is 1.72. The number of rotatable bonds is 6. The van der Waals surface area contributed by atoms with Gasteiger partial charge in [0.25, 0.3) is 0 Å². The number of amides is 1. The Morgan fingerprint density at radius 2 is 2.24 bits per heavy atom. The van der Waals surface area contributed by atoms with Gasteiger partial charge < -0.3 is 15.0 Å². The van der Waals surface area contributed by atoms with Gasteiger partial charge in [0.2, 0.25) is 5.91 Å². The van der Waals surface area contributed by atoms with Crippen LogP contribution in [0.1, 0.15) is 24.8 Å². The van der Waals surface area contributed by atoms with Gasteiger partial charge in [-0.05, 0) is 48.7 Å². The van der Waals surface area contributed by atoms with Crippen molar-refractivity contribution >= 4 is 11.6 Å². The van der Waals surface area contributed by atoms with Crippen molar-refractivity contribution in [2.75, 3.05) is 25.1 Å². The fraction of sp³-hybridized carbons (Fsp3) is 0.381. The molecule has 1 aromatic rings. The number of nitrogens with one attached hydrogen (secondary N) is 1. The molecule has 130 valence electrons. The van der Waals surface area contributed by atoms with E-state index >= 15 is 0 Å². The Hall–Kier alpha value is -2.33. The molecule has 0 saturated carbocycles. The van der Waals surface area contributed by atoms with Crippen molar-refractivity contribution in [3.8, 4) is 0 Å². The van der Waals surface area contributed by atoms with E-state index in [4.69, 9.17) is 4.74 Å². The van der Waals surface area contributed by atoms with Gasteiger partial charge in [0.1, 0.15) is 5.76 Å². The SMILES string of the molecule is C=CCNCCC12C=C(OC)C=C3CCC(=O)N(c4ccccc41)C32. The summed E-state index contributed by atoms with van der Waals surface area (Å²) in [4.78, 5) is 14.8. The van der Waals surface area contributed by atoms with Gasteiger partial charge in [-0.2, -0.15) is 0 Å². The number of fused-ring (bicyclic) bond motifs is 3. The minimum absolute atomic E-state index is 0.0792. The number of hydrogen-bond donors (Lipinski definition) is 1. The first-order valence-corrected chi connectivity index (χ1v) is 8.92. The first-order valence-electron chi connectivity index (χ1n) is 8.92. The van der Waals surface area contributed by atoms with Gasteiger partial charge in [0.05, 0.1) is 13.2 Å². The molecule has 1 aromatic carbocycles. The summed E-state index contributed by atoms with van der Waals surface area (Å²) < 4.78 is 5.63. The molecule has 4 heteroatoms. The highest BCUT2D eigenvalue weighted by atomic mass is 16.5. The van der Waals surface area contributed by atoms with Crippen LogP contribution in [0, 0.1) is 0 Å². The molecule has 25 heavy (non-hydrogen) atoms. The zero-order valence-corrected chi connectivity index (χ0v) is 14.6. The Balaban J connectivity index is 1.84. The Bertz CT molecular complexity index is 780. The first-order chi connectivity index (χ1) is 12.2. The van der Waals surface area contributed by atoms with Gasteiger partial charge in [-0.25, -0.2) is 0 Å². The van der Waals surface area contributed by atoms with Crippen molar-refractivity contribution in [3.63, 3.8) is 0 Å². The predicted molar refractivity (Wildman–Crippen MR) is 99.5 cm³/mol. The summed E-state index contributed by atoms with van der Waals surface area (Å²) in [6, 6.07) is 8.41. The lowest BCUT2D eigenvalue weighted by Gasteiger charge is -2.43. The minimum atomic E-state index is -0.226. The standard InChI is InChI=1S/C21H24N2O2/c1-3-11-22-12-10-21-14-16(25-2)13-15-8-9-19(24)23(20(15)21)18-7-5-4-6-17(18)21/h3-7,13-14,20,22H,1,8-12H2,2H3. The number of nitrogens with zero attached hydrogens (tertiary/aromatic N) is 1. The Labute approximate surface area is 148 Å². The van der Waals surface area contributed by atoms with E-state index in [-0.39, 0.29) is 17.4 Å². The molecular weight excluding hydrogens is 312 g/mol. The number of piperidine rings is 1. The molecule has 4 rings (SSSR count). The minimum Gasteiger partial charge on any atom is -0.497 e. The van der Waals surface area contributed by atoms with Crippen molar-refractivity contribution in [2.45, 2.75) is 30.7 Å². The molecule has 1 N–H and O–H groups in total. The maximum atomic E-state index is 12.8. The van der Waals surface area contributed by atoms with Gasteiger partial charge in [-0.15, -0.1) is 6.58 Å². The smallest absolute Gasteiger partial charge is 0.227 e. The molecule has 1 saturated heterocycles. The summed E-state index contributed by atoms with van der Waals surface area (Å²) in [5.74, 6) is 1.13. The topological polar surface area (TPSA) is 41.6 Å². The van der Waals surface area contributed by atoms with E-state index in [1.165, 1.54) is 11.1 Å². The van der Waals surface area contributed by atoms with Crippen molar-refractivity contribution in [1.29, 1.82) is 0 Å². The van der Waals surface area contributed by atoms with E-state index < -0.39 is 0 Å². The Morgan fingerprint density at radius 1 is 1.40 bits per heavy atom. The number of para-hydroxylation sites is 1. The van der Waals surface area contributed by atoms with E-state index in [2.05, 4.69) is 42.2 Å². The molecule has 1 aliphatic carbocycles. The maximum Gasteiger partial charge on any atom is 0.227 e. The van der Waals surface area contributed by atoms with Gasteiger partial charge in [0, 0.05) is 24.1 Å². The van der Waals surface area contributed by atoms with Crippen LogP contribution < -0.4 is 10.2 Å². The average molecular weight is 336 g/mol. The summed E-state index contributed by atoms with van der Waals surface area (Å²) >= 11 is 0. The third-order valence-corrected chi connectivity index (χ3v) is 5.63. The van der Waals surface area contributed by atoms with Crippen LogP contribution in [0.15, 0.2) is 60.4 Å². The molecule has 1 fully saturated rings. The van der Waals surface area contributed by atoms with E-state index in [9.17, 15) is 4.79 Å². The third kappa shape index (κ3) is 2.35. The first kappa shape index (κ1) is 16.2. The maximum absolute atomic E-state index is 12.8. The summed E-state index contributed by atoms with van der Waals surface area (Å²) in [5.41, 5.74) is 3.37. The van der Waals surface area contributed by atoms with Crippen LogP contribution in [0.3, 0.4) is 0 Å². The van der Waals surface area contributed by atoms with Gasteiger partial charge in [-0.3, -0.25) is 4.79 Å². The molecule has 4 nitrogen and oxygen atoms in total. The molecule has 2 aliphatic heterocycles. The van der Waals surface area contributed by atoms with E-state index in [0.717, 1.165) is 37.4 Å². The summed E-state index contributed by atoms with van der Waals surface area (Å²) in [6.45, 7) is 5.42. The molecule has 2 atom stereocenters. The number of carbonyl (C=O) groups excluding carboxylic acids is 1. The fourth-order valence-electron chi connectivity index (χ4n) is 4.62. The fourth-order valence-corrected chi connectivity index (χ4v) is 4.62. The molecule has 3 aliphatic rings. The molecule has 0 radical (unpaired) electrons. The largest absolute Gasteiger partial charge is 0.497 e. The lowest BCUT2D eigenvalue weighted by molar-refractivity contribution is -0.119. The second-order valence-corrected chi connectivity index (χ2v) is 6.94. The number of anilines is 1. The zero-order chi connectivity index (χ0) is 17.4. The quantitative estimate of drug-likeness (QED) is 0.641. The highest BCUT2D eigenvalue weighted by molar-refractivity contribution is 6.00. The number of benzene rings is 1. The Morgan fingerprint density at radius 3 is 3.04 bits per heavy atom. The van der Waals surface area contributed by atoms with Crippen LogP contribution >= 0.6 is 0 Å². The normalized spacial score (nSPS) is 26.5. The van der Waals surface area contributed by atoms with Crippen molar-refractivity contribution in [3.05, 3.63) is 66.0 Å². The number of ether oxygens (including phenoxy) is 1. The van der Waals surface area contributed by atoms with E-state index in [1.54, 1.807) is 7.11 Å². The Kier molecular flexibility index (Phi) is 4.00. The number of allylic oxidation sites excluding steroid dienone is 1. The van der Waals surface area contributed by atoms with Gasteiger partial charge in [0.15, 0.2) is 0 Å². The molecule has 0 bridgehead atoms. The second kappa shape index (κ2) is 6.19. The summed E-state index contributed by atoms with van der Waals surface area (Å²) in [6.07, 6.45) is 8.53. The second-order valence-electron chi connectivity index (χ2n) is 6.94. The third-order valence-electron chi connectivity index (χ3n) is 5.63. The zero-order valence-electron chi connectivity index (χ0n) is 14.6. The van der Waals surface area contributed by atoms with Crippen LogP contribution in [0.2, 0.25) is 0 Å². The van der Waals surface area contributed by atoms with Crippen molar-refractivity contribution in [2.24, 2.45) is 0 Å². The highest BCUT2D eigenvalue weighted by Crippen LogP contribution is 2.55. The molecule has 1 amide bonds. The van der Waals surface area contributed by atoms with E-state index in [0.29, 0.717) is 6.42 Å². The summed E-state index contributed by atoms with van der Waals surface area (Å²) in [5, 5.41) is 3.42. The van der Waals surface area contributed by atoms with Crippen molar-refractivity contribution < 1.29 is 9.53 Å². The monoisotopic (exact) mass is 336 g/mol. The van der Waals surface area contributed by atoms with Gasteiger partial charge in [-0.1, -0.05) is 24.3 Å². The van der Waals surface area contributed by atoms with Gasteiger partial charge >= 0.3 is 0 Å². The van der Waals surface area contributed by atoms with Crippen LogP contribution in [0.5, 0.6) is 0 Å². The van der Waals surface area contributed by atoms with Crippen LogP contribution in [-0.2, 0) is 14.9 Å². The lowest BCUT2D eigenvalue weighted by Crippen LogP contribution is -2.52. The average Bonchev–Trinajstić information content (AvgIpc) is 2.94. The van der Waals surface area contributed by atoms with Crippen LogP contribution in [0.4, 0.5) is 5.69 Å². The number of methoxy groups -OCH3 is 1. The number of carbonyl (C=O) groups is 1. The highest BCUT2D eigenvalue weighted by Gasteiger charge is 2.55. The predicted octanol–water partition coefficient (Wildman–Crippen LogP) is 3.07. The molecule has 2 unspecified atom stereocenters.